The number of hydrogen-bond acceptors (Lipinski definition) is 5. The first-order chi connectivity index (χ1) is 10.5. The largest absolute Gasteiger partial charge is 0.390 e. The van der Waals surface area contributed by atoms with Crippen LogP contribution in [-0.4, -0.2) is 30.1 Å². The molecule has 1 unspecified atom stereocenters. The highest BCUT2D eigenvalue weighted by atomic mass is 16.3. The number of anilines is 2. The van der Waals surface area contributed by atoms with Gasteiger partial charge in [-0.1, -0.05) is 26.0 Å². The molecule has 120 valence electrons. The highest BCUT2D eigenvalue weighted by Gasteiger charge is 2.20. The van der Waals surface area contributed by atoms with Crippen LogP contribution in [0.4, 0.5) is 11.4 Å². The summed E-state index contributed by atoms with van der Waals surface area (Å²) in [5, 5.41) is 27.5. The Morgan fingerprint density at radius 1 is 1.45 bits per heavy atom. The van der Waals surface area contributed by atoms with Crippen LogP contribution >= 0.6 is 0 Å². The molecule has 1 heterocycles. The van der Waals surface area contributed by atoms with Crippen LogP contribution in [0.25, 0.3) is 5.57 Å². The van der Waals surface area contributed by atoms with Crippen molar-refractivity contribution in [3.63, 3.8) is 0 Å². The Labute approximate surface area is 132 Å². The van der Waals surface area contributed by atoms with Gasteiger partial charge in [0.15, 0.2) is 0 Å². The van der Waals surface area contributed by atoms with E-state index < -0.39 is 6.23 Å². The zero-order valence-corrected chi connectivity index (χ0v) is 13.5. The number of para-hydroxylation sites is 1. The first kappa shape index (κ1) is 16.4. The van der Waals surface area contributed by atoms with E-state index in [2.05, 4.69) is 29.8 Å². The zero-order valence-electron chi connectivity index (χ0n) is 13.5. The SMILES string of the molecule is CC(C)CN/C=C(\C=N)c1cccc2c1N[C@H](C)CC(O)N2. The second-order valence-electron chi connectivity index (χ2n) is 6.22. The maximum atomic E-state index is 9.97. The molecule has 1 aliphatic rings. The molecule has 0 spiro atoms. The van der Waals surface area contributed by atoms with E-state index in [1.807, 2.05) is 31.3 Å². The fourth-order valence-electron chi connectivity index (χ4n) is 2.55. The normalized spacial score (nSPS) is 21.4. The topological polar surface area (TPSA) is 80.2 Å². The molecule has 0 bridgehead atoms. The standard InChI is InChI=1S/C17H26N4O/c1-11(2)9-19-10-13(8-18)14-5-4-6-15-17(14)20-12(3)7-16(22)21-15/h4-6,8,10-12,16,18-22H,7,9H2,1-3H3/b13-10+,18-8?/t12-,16?/m1/s1. The van der Waals surface area contributed by atoms with Gasteiger partial charge in [0, 0.05) is 42.6 Å². The molecule has 0 aromatic heterocycles. The lowest BCUT2D eigenvalue weighted by Gasteiger charge is -2.17. The van der Waals surface area contributed by atoms with Crippen molar-refractivity contribution >= 4 is 23.2 Å². The third kappa shape index (κ3) is 4.01. The van der Waals surface area contributed by atoms with Crippen molar-refractivity contribution in [3.05, 3.63) is 30.0 Å². The average molecular weight is 302 g/mol. The van der Waals surface area contributed by atoms with E-state index in [-0.39, 0.29) is 6.04 Å². The molecule has 0 saturated carbocycles. The van der Waals surface area contributed by atoms with Crippen molar-refractivity contribution < 1.29 is 5.11 Å². The fraction of sp³-hybridized carbons (Fsp3) is 0.471. The second-order valence-corrected chi connectivity index (χ2v) is 6.22. The van der Waals surface area contributed by atoms with Crippen LogP contribution in [0.2, 0.25) is 0 Å². The number of fused-ring (bicyclic) bond motifs is 1. The van der Waals surface area contributed by atoms with Crippen molar-refractivity contribution in [1.82, 2.24) is 5.32 Å². The third-order valence-corrected chi connectivity index (χ3v) is 3.60. The summed E-state index contributed by atoms with van der Waals surface area (Å²) in [4.78, 5) is 0. The summed E-state index contributed by atoms with van der Waals surface area (Å²) in [5.41, 5.74) is 3.58. The molecule has 0 saturated heterocycles. The molecule has 1 aromatic rings. The van der Waals surface area contributed by atoms with Gasteiger partial charge >= 0.3 is 0 Å². The summed E-state index contributed by atoms with van der Waals surface area (Å²) in [6, 6.07) is 6.02. The Morgan fingerprint density at radius 3 is 2.91 bits per heavy atom. The van der Waals surface area contributed by atoms with Crippen LogP contribution in [0.3, 0.4) is 0 Å². The molecule has 5 N–H and O–H groups in total. The number of aliphatic hydroxyl groups excluding tert-OH is 1. The van der Waals surface area contributed by atoms with Crippen LogP contribution in [-0.2, 0) is 0 Å². The Balaban J connectivity index is 2.34. The van der Waals surface area contributed by atoms with Gasteiger partial charge < -0.3 is 26.5 Å². The van der Waals surface area contributed by atoms with Gasteiger partial charge in [-0.05, 0) is 18.9 Å². The minimum absolute atomic E-state index is 0.153. The highest BCUT2D eigenvalue weighted by Crippen LogP contribution is 2.34. The van der Waals surface area contributed by atoms with Gasteiger partial charge in [-0.3, -0.25) is 0 Å². The number of aliphatic hydroxyl groups is 1. The lowest BCUT2D eigenvalue weighted by molar-refractivity contribution is 0.190. The van der Waals surface area contributed by atoms with Gasteiger partial charge in [0.1, 0.15) is 6.23 Å². The molecular weight excluding hydrogens is 276 g/mol. The van der Waals surface area contributed by atoms with Crippen molar-refractivity contribution in [2.75, 3.05) is 17.2 Å². The molecule has 0 radical (unpaired) electrons. The summed E-state index contributed by atoms with van der Waals surface area (Å²) in [7, 11) is 0. The van der Waals surface area contributed by atoms with Crippen LogP contribution < -0.4 is 16.0 Å². The molecule has 0 amide bonds. The fourth-order valence-corrected chi connectivity index (χ4v) is 2.55. The van der Waals surface area contributed by atoms with E-state index in [1.54, 1.807) is 0 Å². The molecule has 5 heteroatoms. The predicted molar refractivity (Wildman–Crippen MR) is 93.4 cm³/mol. The molecule has 22 heavy (non-hydrogen) atoms. The number of nitrogens with one attached hydrogen (secondary N) is 4. The molecule has 2 atom stereocenters. The maximum Gasteiger partial charge on any atom is 0.126 e. The minimum atomic E-state index is -0.564. The summed E-state index contributed by atoms with van der Waals surface area (Å²) in [6.45, 7) is 7.21. The number of hydrogen-bond donors (Lipinski definition) is 5. The van der Waals surface area contributed by atoms with E-state index in [4.69, 9.17) is 5.41 Å². The van der Waals surface area contributed by atoms with Gasteiger partial charge in [0.25, 0.3) is 0 Å². The molecule has 1 aromatic carbocycles. The summed E-state index contributed by atoms with van der Waals surface area (Å²) < 4.78 is 0. The minimum Gasteiger partial charge on any atom is -0.390 e. The average Bonchev–Trinajstić information content (AvgIpc) is 2.59. The lowest BCUT2D eigenvalue weighted by atomic mass is 10.0. The van der Waals surface area contributed by atoms with Gasteiger partial charge in [-0.2, -0.15) is 0 Å². The lowest BCUT2D eigenvalue weighted by Crippen LogP contribution is -2.23. The van der Waals surface area contributed by atoms with Crippen molar-refractivity contribution in [2.45, 2.75) is 39.5 Å². The molecule has 2 rings (SSSR count). The molecule has 0 fully saturated rings. The highest BCUT2D eigenvalue weighted by molar-refractivity contribution is 6.11. The quantitative estimate of drug-likeness (QED) is 0.542. The molecule has 0 aliphatic carbocycles. The summed E-state index contributed by atoms with van der Waals surface area (Å²) >= 11 is 0. The van der Waals surface area contributed by atoms with Crippen molar-refractivity contribution in [1.29, 1.82) is 5.41 Å². The first-order valence-corrected chi connectivity index (χ1v) is 7.79. The number of allylic oxidation sites excluding steroid dienone is 1. The Hall–Kier alpha value is -2.01. The molecule has 1 aliphatic heterocycles. The smallest absolute Gasteiger partial charge is 0.126 e. The van der Waals surface area contributed by atoms with Crippen LogP contribution in [0.5, 0.6) is 0 Å². The van der Waals surface area contributed by atoms with E-state index >= 15 is 0 Å². The third-order valence-electron chi connectivity index (χ3n) is 3.60. The molecular formula is C17H26N4O. The van der Waals surface area contributed by atoms with Crippen LogP contribution in [0.15, 0.2) is 24.4 Å². The first-order valence-electron chi connectivity index (χ1n) is 7.79. The summed E-state index contributed by atoms with van der Waals surface area (Å²) in [5.74, 6) is 0.547. The van der Waals surface area contributed by atoms with Crippen molar-refractivity contribution in [2.24, 2.45) is 5.92 Å². The van der Waals surface area contributed by atoms with E-state index in [0.717, 1.165) is 29.1 Å². The van der Waals surface area contributed by atoms with Gasteiger partial charge in [-0.15, -0.1) is 0 Å². The van der Waals surface area contributed by atoms with E-state index in [1.165, 1.54) is 6.21 Å². The maximum absolute atomic E-state index is 9.97. The van der Waals surface area contributed by atoms with Crippen LogP contribution in [0.1, 0.15) is 32.8 Å². The Morgan fingerprint density at radius 2 is 2.23 bits per heavy atom. The Bertz CT molecular complexity index is 554. The predicted octanol–water partition coefficient (Wildman–Crippen LogP) is 2.86. The summed E-state index contributed by atoms with van der Waals surface area (Å²) in [6.07, 6.45) is 3.31. The molecule has 5 nitrogen and oxygen atoms in total. The monoisotopic (exact) mass is 302 g/mol. The van der Waals surface area contributed by atoms with Crippen molar-refractivity contribution in [3.8, 4) is 0 Å². The van der Waals surface area contributed by atoms with Gasteiger partial charge in [0.2, 0.25) is 0 Å². The number of benzene rings is 1. The van der Waals surface area contributed by atoms with E-state index in [9.17, 15) is 5.11 Å². The van der Waals surface area contributed by atoms with Gasteiger partial charge in [-0.25, -0.2) is 0 Å². The van der Waals surface area contributed by atoms with E-state index in [0.29, 0.717) is 12.3 Å². The van der Waals surface area contributed by atoms with Crippen LogP contribution in [0, 0.1) is 11.3 Å². The zero-order chi connectivity index (χ0) is 16.1. The Kier molecular flexibility index (Phi) is 5.44. The second kappa shape index (κ2) is 7.31. The number of rotatable bonds is 5. The van der Waals surface area contributed by atoms with Gasteiger partial charge in [0.05, 0.1) is 11.4 Å².